The molecule has 7 heteroatoms. The zero-order valence-electron chi connectivity index (χ0n) is 9.19. The zero-order chi connectivity index (χ0) is 11.9. The number of carbonyl (C=O) groups excluding carboxylic acids is 1. The summed E-state index contributed by atoms with van der Waals surface area (Å²) in [5, 5.41) is 6.49. The summed E-state index contributed by atoms with van der Waals surface area (Å²) in [6.07, 6.45) is 2.04. The Bertz CT molecular complexity index is 280. The van der Waals surface area contributed by atoms with Crippen molar-refractivity contribution in [3.05, 3.63) is 10.4 Å². The fourth-order valence-corrected chi connectivity index (χ4v) is 1.85. The van der Waals surface area contributed by atoms with Crippen LogP contribution in [0, 0.1) is 0 Å². The van der Waals surface area contributed by atoms with E-state index in [1.54, 1.807) is 0 Å². The minimum atomic E-state index is -0.707. The first kappa shape index (κ1) is 12.8. The molecule has 3 N–H and O–H groups in total. The maximum absolute atomic E-state index is 11.5. The number of nitrogens with zero attached hydrogens (tertiary/aromatic N) is 3. The molecule has 1 unspecified atom stereocenters. The summed E-state index contributed by atoms with van der Waals surface area (Å²) in [6.45, 7) is 1.95. The van der Waals surface area contributed by atoms with Gasteiger partial charge in [0.2, 0.25) is 5.91 Å². The molecule has 0 aromatic carbocycles. The third-order valence-corrected chi connectivity index (χ3v) is 2.78. The van der Waals surface area contributed by atoms with Crippen LogP contribution in [0.1, 0.15) is 19.3 Å². The molecule has 7 nitrogen and oxygen atoms in total. The van der Waals surface area contributed by atoms with E-state index in [9.17, 15) is 4.79 Å². The van der Waals surface area contributed by atoms with Gasteiger partial charge in [-0.15, -0.1) is 0 Å². The average Bonchev–Trinajstić information content (AvgIpc) is 2.51. The highest BCUT2D eigenvalue weighted by Crippen LogP contribution is 2.20. The number of amides is 1. The van der Waals surface area contributed by atoms with E-state index in [1.165, 1.54) is 0 Å². The molecule has 1 atom stereocenters. The van der Waals surface area contributed by atoms with Crippen LogP contribution in [0.3, 0.4) is 0 Å². The first-order valence-electron chi connectivity index (χ1n) is 5.35. The number of rotatable bonds is 5. The van der Waals surface area contributed by atoms with Crippen molar-refractivity contribution >= 4 is 5.91 Å². The quantitative estimate of drug-likeness (QED) is 0.305. The molecule has 90 valence electrons. The van der Waals surface area contributed by atoms with Gasteiger partial charge in [-0.1, -0.05) is 5.11 Å². The predicted octanol–water partition coefficient (Wildman–Crippen LogP) is 0.311. The zero-order valence-corrected chi connectivity index (χ0v) is 9.19. The summed E-state index contributed by atoms with van der Waals surface area (Å²) >= 11 is 0. The molecule has 1 fully saturated rings. The van der Waals surface area contributed by atoms with E-state index in [0.29, 0.717) is 39.1 Å². The Balaban J connectivity index is 2.56. The second kappa shape index (κ2) is 6.32. The van der Waals surface area contributed by atoms with Crippen LogP contribution in [-0.4, -0.2) is 37.7 Å². The molecule has 16 heavy (non-hydrogen) atoms. The van der Waals surface area contributed by atoms with Gasteiger partial charge in [0.25, 0.3) is 0 Å². The first-order chi connectivity index (χ1) is 7.71. The van der Waals surface area contributed by atoms with Gasteiger partial charge in [0.15, 0.2) is 0 Å². The summed E-state index contributed by atoms with van der Waals surface area (Å²) in [7, 11) is 0. The van der Waals surface area contributed by atoms with Gasteiger partial charge in [0.05, 0.1) is 5.54 Å². The third kappa shape index (κ3) is 3.37. The summed E-state index contributed by atoms with van der Waals surface area (Å²) in [6, 6.07) is 0. The molecule has 0 aromatic heterocycles. The molecule has 0 bridgehead atoms. The number of nitrogens with two attached hydrogens (primary N) is 1. The molecule has 0 spiro atoms. The molecule has 0 radical (unpaired) electrons. The Hall–Kier alpha value is -1.30. The van der Waals surface area contributed by atoms with Gasteiger partial charge in [-0.3, -0.25) is 4.79 Å². The summed E-state index contributed by atoms with van der Waals surface area (Å²) in [5.41, 5.74) is 12.9. The molecular weight excluding hydrogens is 210 g/mol. The fourth-order valence-electron chi connectivity index (χ4n) is 1.85. The third-order valence-electron chi connectivity index (χ3n) is 2.78. The molecule has 0 saturated carbocycles. The highest BCUT2D eigenvalue weighted by Gasteiger charge is 2.36. The highest BCUT2D eigenvalue weighted by molar-refractivity contribution is 5.84. The van der Waals surface area contributed by atoms with Crippen molar-refractivity contribution in [2.75, 3.05) is 26.3 Å². The molecule has 1 aliphatic heterocycles. The van der Waals surface area contributed by atoms with Crippen molar-refractivity contribution in [3.8, 4) is 0 Å². The van der Waals surface area contributed by atoms with Crippen LogP contribution in [0.15, 0.2) is 5.11 Å². The van der Waals surface area contributed by atoms with Crippen LogP contribution in [0.2, 0.25) is 0 Å². The Kier molecular flexibility index (Phi) is 5.04. The van der Waals surface area contributed by atoms with E-state index in [0.717, 1.165) is 6.42 Å². The van der Waals surface area contributed by atoms with Gasteiger partial charge in [0, 0.05) is 31.2 Å². The van der Waals surface area contributed by atoms with E-state index in [2.05, 4.69) is 15.3 Å². The van der Waals surface area contributed by atoms with Gasteiger partial charge < -0.3 is 15.8 Å². The van der Waals surface area contributed by atoms with Crippen molar-refractivity contribution in [2.45, 2.75) is 24.8 Å². The minimum Gasteiger partial charge on any atom is -0.381 e. The molecule has 0 aromatic rings. The molecule has 1 saturated heterocycles. The van der Waals surface area contributed by atoms with Gasteiger partial charge >= 0.3 is 0 Å². The van der Waals surface area contributed by atoms with Crippen LogP contribution in [0.5, 0.6) is 0 Å². The lowest BCUT2D eigenvalue weighted by Gasteiger charge is -2.29. The largest absolute Gasteiger partial charge is 0.381 e. The lowest BCUT2D eigenvalue weighted by atomic mass is 9.89. The van der Waals surface area contributed by atoms with Crippen molar-refractivity contribution in [2.24, 2.45) is 10.8 Å². The Morgan fingerprint density at radius 2 is 2.38 bits per heavy atom. The van der Waals surface area contributed by atoms with Crippen molar-refractivity contribution in [1.29, 1.82) is 0 Å². The monoisotopic (exact) mass is 227 g/mol. The Labute approximate surface area is 94.0 Å². The van der Waals surface area contributed by atoms with Crippen molar-refractivity contribution in [1.82, 2.24) is 5.32 Å². The number of hydrogen-bond donors (Lipinski definition) is 2. The van der Waals surface area contributed by atoms with Crippen molar-refractivity contribution in [3.63, 3.8) is 0 Å². The van der Waals surface area contributed by atoms with Gasteiger partial charge in [-0.25, -0.2) is 0 Å². The van der Waals surface area contributed by atoms with E-state index in [1.807, 2.05) is 0 Å². The van der Waals surface area contributed by atoms with Crippen LogP contribution < -0.4 is 11.1 Å². The topological polar surface area (TPSA) is 113 Å². The van der Waals surface area contributed by atoms with Crippen LogP contribution in [-0.2, 0) is 9.53 Å². The summed E-state index contributed by atoms with van der Waals surface area (Å²) in [4.78, 5) is 14.1. The van der Waals surface area contributed by atoms with Crippen molar-refractivity contribution < 1.29 is 9.53 Å². The molecule has 1 rings (SSSR count). The number of nitrogens with one attached hydrogen (secondary N) is 1. The smallest absolute Gasteiger partial charge is 0.237 e. The van der Waals surface area contributed by atoms with E-state index in [-0.39, 0.29) is 5.91 Å². The molecule has 1 aliphatic rings. The molecule has 1 heterocycles. The maximum Gasteiger partial charge on any atom is 0.237 e. The highest BCUT2D eigenvalue weighted by atomic mass is 16.5. The van der Waals surface area contributed by atoms with E-state index < -0.39 is 5.54 Å². The number of hydrogen-bond acceptors (Lipinski definition) is 4. The normalized spacial score (nSPS) is 25.5. The summed E-state index contributed by atoms with van der Waals surface area (Å²) < 4.78 is 5.30. The standard InChI is InChI=1S/C9H17N5O2/c10-8(15)9(12-4-5-13-14-11)2-1-6-16-7-3-9/h12H,1-7H2,(H2,10,15). The van der Waals surface area contributed by atoms with E-state index in [4.69, 9.17) is 16.0 Å². The fraction of sp³-hybridized carbons (Fsp3) is 0.889. The minimum absolute atomic E-state index is 0.312. The SMILES string of the molecule is [N-]=[N+]=NCCNC1(C(N)=O)CCCOCC1. The average molecular weight is 227 g/mol. The van der Waals surface area contributed by atoms with Crippen LogP contribution in [0.25, 0.3) is 10.4 Å². The van der Waals surface area contributed by atoms with Gasteiger partial charge in [-0.05, 0) is 24.8 Å². The predicted molar refractivity (Wildman–Crippen MR) is 58.6 cm³/mol. The first-order valence-corrected chi connectivity index (χ1v) is 5.35. The lowest BCUT2D eigenvalue weighted by molar-refractivity contribution is -0.125. The maximum atomic E-state index is 11.5. The number of primary amides is 1. The lowest BCUT2D eigenvalue weighted by Crippen LogP contribution is -2.56. The Morgan fingerprint density at radius 3 is 3.06 bits per heavy atom. The second-order valence-electron chi connectivity index (χ2n) is 3.79. The second-order valence-corrected chi connectivity index (χ2v) is 3.79. The van der Waals surface area contributed by atoms with Crippen LogP contribution in [0.4, 0.5) is 0 Å². The number of azide groups is 1. The number of carbonyl (C=O) groups is 1. The van der Waals surface area contributed by atoms with Crippen LogP contribution >= 0.6 is 0 Å². The molecular formula is C9H17N5O2. The number of ether oxygens (including phenoxy) is 1. The Morgan fingerprint density at radius 1 is 1.56 bits per heavy atom. The van der Waals surface area contributed by atoms with Gasteiger partial charge in [-0.2, -0.15) is 0 Å². The summed E-state index contributed by atoms with van der Waals surface area (Å²) in [5.74, 6) is -0.362. The molecule has 0 aliphatic carbocycles. The van der Waals surface area contributed by atoms with Gasteiger partial charge in [0.1, 0.15) is 0 Å². The van der Waals surface area contributed by atoms with E-state index >= 15 is 0 Å². The molecule has 1 amide bonds.